The molecule has 0 bridgehead atoms. The van der Waals surface area contributed by atoms with E-state index >= 15 is 0 Å². The van der Waals surface area contributed by atoms with Gasteiger partial charge in [-0.05, 0) is 195 Å². The van der Waals surface area contributed by atoms with Crippen LogP contribution in [0.15, 0.2) is 290 Å². The zero-order chi connectivity index (χ0) is 100. The van der Waals surface area contributed by atoms with E-state index in [2.05, 4.69) is 102 Å². The molecule has 1 saturated heterocycles. The second kappa shape index (κ2) is 82.9. The minimum Gasteiger partial charge on any atom is -0.467 e. The number of thiocarbonyl (C=S) groups is 7. The maximum Gasteiger partial charge on any atom is 0.308 e. The number of furan rings is 1. The molecule has 0 radical (unpaired) electrons. The smallest absolute Gasteiger partial charge is 0.308 e. The fraction of sp³-hybridized carbons (Fsp3) is 0.330. The molecule has 10 aromatic rings. The Hall–Kier alpha value is -11.8. The van der Waals surface area contributed by atoms with E-state index in [-0.39, 0.29) is 35.6 Å². The predicted molar refractivity (Wildman–Crippen MR) is 583 cm³/mol. The fourth-order valence-corrected chi connectivity index (χ4v) is 10.7. The Bertz CT molecular complexity index is 4520. The number of aryl methyl sites for hydroxylation is 1. The second-order valence-electron chi connectivity index (χ2n) is 29.7. The van der Waals surface area contributed by atoms with Crippen molar-refractivity contribution in [2.24, 2.45) is 5.92 Å². The number of carbonyl (C=O) groups is 6. The van der Waals surface area contributed by atoms with Crippen LogP contribution < -0.4 is 62.6 Å². The van der Waals surface area contributed by atoms with Crippen LogP contribution >= 0.6 is 85.5 Å². The van der Waals surface area contributed by atoms with Crippen molar-refractivity contribution in [2.75, 3.05) is 63.7 Å². The summed E-state index contributed by atoms with van der Waals surface area (Å²) in [7, 11) is 1.70. The van der Waals surface area contributed by atoms with Crippen molar-refractivity contribution in [1.29, 1.82) is 0 Å². The number of benzene rings is 9. The quantitative estimate of drug-likeness (QED) is 0.0104. The third kappa shape index (κ3) is 86.1. The first-order valence-electron chi connectivity index (χ1n) is 44.2. The molecular formula is C106H140N10O12S7. The lowest BCUT2D eigenvalue weighted by molar-refractivity contribution is -0.142. The Morgan fingerprint density at radius 3 is 1.10 bits per heavy atom. The topological polar surface area (TPSA) is 282 Å². The molecule has 10 N–H and O–H groups in total. The molecule has 0 spiro atoms. The van der Waals surface area contributed by atoms with E-state index in [0.717, 1.165) is 146 Å². The molecule has 29 heteroatoms. The summed E-state index contributed by atoms with van der Waals surface area (Å²) in [6.45, 7) is 32.7. The van der Waals surface area contributed by atoms with Crippen LogP contribution in [0.2, 0.25) is 0 Å². The molecule has 22 nitrogen and oxygen atoms in total. The van der Waals surface area contributed by atoms with Crippen LogP contribution in [-0.4, -0.2) is 130 Å². The third-order valence-corrected chi connectivity index (χ3v) is 17.7. The highest BCUT2D eigenvalue weighted by atomic mass is 32.1. The molecule has 728 valence electrons. The van der Waals surface area contributed by atoms with Gasteiger partial charge in [-0.1, -0.05) is 309 Å². The third-order valence-electron chi connectivity index (χ3n) is 16.7. The van der Waals surface area contributed by atoms with Crippen molar-refractivity contribution in [3.8, 4) is 11.5 Å². The monoisotopic (exact) mass is 1970 g/mol. The van der Waals surface area contributed by atoms with Crippen LogP contribution in [0.1, 0.15) is 161 Å². The lowest BCUT2D eigenvalue weighted by Crippen LogP contribution is -2.28. The maximum absolute atomic E-state index is 10.5. The number of ether oxygens (including phenoxy) is 5. The summed E-state index contributed by atoms with van der Waals surface area (Å²) in [6, 6.07) is 89.5. The SMILES string of the molecule is CC(=O)NCCc1ccccc1.CC(=O)NCc1ccccc1.CC(=O)Nc1ccccc1.CC(=O)OCc1ccccc1.CC(=O)Oc1ccc(C)cc1.CC(=O)Oc1ccccc1.CC(=S)NCC1CC1.CC(=S)NCC1CCCO1.CC(=S)NCCc1ccccc1.CC(=S)NCc1ccccc1.CC(=S)NCc1ccco1.CC(=S)Nc1ccccc1.COCCCNC(C)=S. The number of nitrogens with one attached hydrogen (secondary N) is 10. The zero-order valence-corrected chi connectivity index (χ0v) is 86.5. The van der Waals surface area contributed by atoms with Gasteiger partial charge in [-0.15, -0.1) is 0 Å². The molecule has 2 heterocycles. The fourth-order valence-electron chi connectivity index (χ4n) is 10.1. The normalized spacial score (nSPS) is 10.9. The molecule has 12 rings (SSSR count). The van der Waals surface area contributed by atoms with Crippen LogP contribution in [0.3, 0.4) is 0 Å². The van der Waals surface area contributed by atoms with Crippen molar-refractivity contribution in [2.45, 2.75) is 174 Å². The van der Waals surface area contributed by atoms with E-state index in [9.17, 15) is 28.8 Å². The van der Waals surface area contributed by atoms with Gasteiger partial charge in [0.15, 0.2) is 0 Å². The molecule has 1 saturated carbocycles. The van der Waals surface area contributed by atoms with Gasteiger partial charge < -0.3 is 81.3 Å². The molecular weight excluding hydrogens is 1830 g/mol. The van der Waals surface area contributed by atoms with E-state index in [0.29, 0.717) is 37.3 Å². The van der Waals surface area contributed by atoms with Gasteiger partial charge in [-0.2, -0.15) is 0 Å². The molecule has 1 aliphatic carbocycles. The van der Waals surface area contributed by atoms with Gasteiger partial charge in [0, 0.05) is 119 Å². The number of para-hydroxylation sites is 3. The molecule has 2 fully saturated rings. The predicted octanol–water partition coefficient (Wildman–Crippen LogP) is 21.5. The number of carbonyl (C=O) groups excluding carboxylic acids is 6. The van der Waals surface area contributed by atoms with Gasteiger partial charge in [0.05, 0.1) is 53.8 Å². The largest absolute Gasteiger partial charge is 0.467 e. The average molecular weight is 1970 g/mol. The highest BCUT2D eigenvalue weighted by molar-refractivity contribution is 7.81. The number of esters is 3. The number of amides is 3. The molecule has 1 unspecified atom stereocenters. The van der Waals surface area contributed by atoms with Crippen LogP contribution in [0.4, 0.5) is 11.4 Å². The number of methoxy groups -OCH3 is 1. The standard InChI is InChI=1S/C10H13NO.C10H13NS.C9H11NO.C9H11NS.2C9H10O2.C8H9NO.C8H9NS.C8H8O2.C7H13NOS.C7H9NOS.C6H13NOS.C6H11NS/c2*1-9(12)11-8-7-10-5-3-2-4-6-10;2*1-8(11)10-7-9-5-3-2-4-6-9;1-7-3-5-9(6-4-7)11-8(2)10;1-8(10)11-7-9-5-3-2-4-6-9;2*1-7(10)9-8-5-3-2-4-6-8;1-7(9)10-8-5-3-2-4-6-8;2*1-6(10)8-5-7-3-2-4-9-7;1-6(9)7-4-3-5-8-2;1-5(8)7-4-6-2-3-6/h2*2-6H,7-8H2,1H3,(H,11,12);2*2-6H,7H2,1H3,(H,10,11);3-6H,1-2H3;2-6H,7H2,1H3;2*2-6H,1H3,(H,9,10);2-6H,1H3;7H,2-5H2,1H3,(H,8,10);2-4H,5H2,1H3,(H,8,10);3-5H2,1-2H3,(H,7,9);6H,2-4H2,1H3,(H,7,8). The van der Waals surface area contributed by atoms with Crippen molar-refractivity contribution < 1.29 is 56.9 Å². The summed E-state index contributed by atoms with van der Waals surface area (Å²) in [5, 5.41) is 29.6. The number of rotatable bonds is 26. The Balaban J connectivity index is 0.00000144. The van der Waals surface area contributed by atoms with E-state index in [1.165, 1.54) is 83.9 Å². The van der Waals surface area contributed by atoms with Crippen LogP contribution in [0.25, 0.3) is 0 Å². The Labute approximate surface area is 840 Å². The average Bonchev–Trinajstić information content (AvgIpc) is 1.91. The van der Waals surface area contributed by atoms with Gasteiger partial charge in [0.1, 0.15) is 23.9 Å². The zero-order valence-electron chi connectivity index (χ0n) is 80.8. The van der Waals surface area contributed by atoms with Crippen LogP contribution in [0, 0.1) is 12.8 Å². The molecule has 1 atom stereocenters. The highest BCUT2D eigenvalue weighted by Gasteiger charge is 2.20. The van der Waals surface area contributed by atoms with Crippen molar-refractivity contribution in [3.05, 3.63) is 324 Å². The number of anilines is 2. The molecule has 1 aliphatic heterocycles. The van der Waals surface area contributed by atoms with E-state index in [1.54, 1.807) is 37.6 Å². The van der Waals surface area contributed by atoms with Gasteiger partial charge >= 0.3 is 17.9 Å². The van der Waals surface area contributed by atoms with Crippen molar-refractivity contribution >= 4 is 167 Å². The highest BCUT2D eigenvalue weighted by Crippen LogP contribution is 2.27. The lowest BCUT2D eigenvalue weighted by atomic mass is 10.1. The summed E-state index contributed by atoms with van der Waals surface area (Å²) in [4.78, 5) is 68.7. The molecule has 135 heavy (non-hydrogen) atoms. The van der Waals surface area contributed by atoms with Gasteiger partial charge in [0.25, 0.3) is 0 Å². The van der Waals surface area contributed by atoms with Gasteiger partial charge in [-0.3, -0.25) is 28.8 Å². The molecule has 2 aliphatic rings. The van der Waals surface area contributed by atoms with Crippen molar-refractivity contribution in [3.63, 3.8) is 0 Å². The minimum atomic E-state index is -0.286. The minimum absolute atomic E-state index is 0.00820. The number of hydrogen-bond acceptors (Lipinski definition) is 19. The molecule has 1 aromatic heterocycles. The van der Waals surface area contributed by atoms with E-state index in [4.69, 9.17) is 114 Å². The van der Waals surface area contributed by atoms with E-state index in [1.807, 2.05) is 262 Å². The molecule has 3 amide bonds. The summed E-state index contributed by atoms with van der Waals surface area (Å²) >= 11 is 34.0. The Kier molecular flexibility index (Phi) is 75.6. The van der Waals surface area contributed by atoms with Gasteiger partial charge in [0.2, 0.25) is 17.7 Å². The summed E-state index contributed by atoms with van der Waals surface area (Å²) in [5.41, 5.74) is 9.06. The van der Waals surface area contributed by atoms with E-state index < -0.39 is 0 Å². The summed E-state index contributed by atoms with van der Waals surface area (Å²) in [6.07, 6.45) is 10.2. The second-order valence-corrected chi connectivity index (χ2v) is 34.0. The first kappa shape index (κ1) is 123. The lowest BCUT2D eigenvalue weighted by Gasteiger charge is -2.09. The molecule has 9 aromatic carbocycles. The summed E-state index contributed by atoms with van der Waals surface area (Å²) < 4.78 is 29.7. The Morgan fingerprint density at radius 2 is 0.726 bits per heavy atom. The van der Waals surface area contributed by atoms with Crippen LogP contribution in [-0.2, 0) is 82.1 Å². The number of hydrogen-bond donors (Lipinski definition) is 10. The Morgan fingerprint density at radius 1 is 0.348 bits per heavy atom. The first-order valence-corrected chi connectivity index (χ1v) is 47.0. The van der Waals surface area contributed by atoms with Crippen LogP contribution in [0.5, 0.6) is 11.5 Å². The first-order chi connectivity index (χ1) is 64.6. The van der Waals surface area contributed by atoms with Crippen molar-refractivity contribution in [1.82, 2.24) is 42.5 Å². The van der Waals surface area contributed by atoms with Gasteiger partial charge in [-0.25, -0.2) is 0 Å². The summed E-state index contributed by atoms with van der Waals surface area (Å²) in [5.74, 6) is 2.23. The maximum atomic E-state index is 10.5.